The molecule has 1 aromatic carbocycles. The van der Waals surface area contributed by atoms with E-state index in [0.29, 0.717) is 17.9 Å². The van der Waals surface area contributed by atoms with Gasteiger partial charge in [0, 0.05) is 12.2 Å². The molecular formula is C20H27N3O4S. The van der Waals surface area contributed by atoms with Crippen molar-refractivity contribution < 1.29 is 19.1 Å². The van der Waals surface area contributed by atoms with Gasteiger partial charge in [0.15, 0.2) is 6.61 Å². The highest BCUT2D eigenvalue weighted by Gasteiger charge is 2.52. The average molecular weight is 406 g/mol. The molecule has 2 saturated heterocycles. The monoisotopic (exact) mass is 405 g/mol. The van der Waals surface area contributed by atoms with E-state index in [2.05, 4.69) is 24.7 Å². The third-order valence-electron chi connectivity index (χ3n) is 5.22. The van der Waals surface area contributed by atoms with Crippen LogP contribution in [0.15, 0.2) is 18.2 Å². The van der Waals surface area contributed by atoms with E-state index in [1.165, 1.54) is 0 Å². The molecule has 0 spiro atoms. The minimum Gasteiger partial charge on any atom is -0.483 e. The van der Waals surface area contributed by atoms with Crippen molar-refractivity contribution >= 4 is 29.5 Å². The minimum absolute atomic E-state index is 0.0111. The fourth-order valence-electron chi connectivity index (χ4n) is 3.65. The Morgan fingerprint density at radius 3 is 2.82 bits per heavy atom. The lowest BCUT2D eigenvalue weighted by Gasteiger charge is -2.29. The molecule has 0 aromatic heterocycles. The zero-order chi connectivity index (χ0) is 20.5. The van der Waals surface area contributed by atoms with Crippen LogP contribution in [-0.4, -0.2) is 45.9 Å². The van der Waals surface area contributed by atoms with E-state index in [1.54, 1.807) is 16.7 Å². The Bertz CT molecular complexity index is 798. The van der Waals surface area contributed by atoms with E-state index in [1.807, 2.05) is 32.0 Å². The first-order valence-corrected chi connectivity index (χ1v) is 10.5. The van der Waals surface area contributed by atoms with Crippen molar-refractivity contribution in [2.24, 2.45) is 0 Å². The molecule has 3 rings (SSSR count). The van der Waals surface area contributed by atoms with Gasteiger partial charge in [-0.25, -0.2) is 0 Å². The van der Waals surface area contributed by atoms with E-state index in [0.717, 1.165) is 17.5 Å². The Morgan fingerprint density at radius 2 is 2.11 bits per heavy atom. The van der Waals surface area contributed by atoms with Gasteiger partial charge in [-0.05, 0) is 43.4 Å². The van der Waals surface area contributed by atoms with Crippen LogP contribution in [0.1, 0.15) is 50.7 Å². The summed E-state index contributed by atoms with van der Waals surface area (Å²) in [6.07, 6.45) is 1.21. The van der Waals surface area contributed by atoms with Crippen molar-refractivity contribution in [2.45, 2.75) is 57.4 Å². The van der Waals surface area contributed by atoms with E-state index in [-0.39, 0.29) is 29.2 Å². The van der Waals surface area contributed by atoms with Gasteiger partial charge in [0.2, 0.25) is 5.91 Å². The van der Waals surface area contributed by atoms with Gasteiger partial charge in [0.1, 0.15) is 11.8 Å². The van der Waals surface area contributed by atoms with Crippen molar-refractivity contribution in [2.75, 3.05) is 12.4 Å². The van der Waals surface area contributed by atoms with Gasteiger partial charge in [-0.1, -0.05) is 26.0 Å². The second-order valence-corrected chi connectivity index (χ2v) is 9.29. The molecule has 7 nitrogen and oxygen atoms in total. The molecule has 0 bridgehead atoms. The molecule has 0 aliphatic carbocycles. The van der Waals surface area contributed by atoms with Crippen LogP contribution in [0, 0.1) is 6.92 Å². The third-order valence-corrected chi connectivity index (χ3v) is 6.73. The lowest BCUT2D eigenvalue weighted by atomic mass is 10.0. The number of benzene rings is 1. The second kappa shape index (κ2) is 8.03. The second-order valence-electron chi connectivity index (χ2n) is 7.79. The molecule has 2 fully saturated rings. The number of hydrogen-bond acceptors (Lipinski definition) is 5. The van der Waals surface area contributed by atoms with Crippen molar-refractivity contribution in [3.8, 4) is 5.75 Å². The van der Waals surface area contributed by atoms with E-state index >= 15 is 0 Å². The number of hydrogen-bond donors (Lipinski definition) is 2. The number of aryl methyl sites for hydroxylation is 1. The molecule has 3 amide bonds. The maximum atomic E-state index is 12.5. The van der Waals surface area contributed by atoms with Gasteiger partial charge in [-0.3, -0.25) is 25.2 Å². The van der Waals surface area contributed by atoms with Crippen LogP contribution in [0.3, 0.4) is 0 Å². The van der Waals surface area contributed by atoms with E-state index in [9.17, 15) is 14.4 Å². The van der Waals surface area contributed by atoms with E-state index in [4.69, 9.17) is 4.74 Å². The summed E-state index contributed by atoms with van der Waals surface area (Å²) in [5.41, 5.74) is 6.90. The summed E-state index contributed by atoms with van der Waals surface area (Å²) in [5, 5.41) is 0. The molecule has 28 heavy (non-hydrogen) atoms. The fourth-order valence-corrected chi connectivity index (χ4v) is 5.08. The number of nitrogens with one attached hydrogen (secondary N) is 2. The number of rotatable bonds is 5. The van der Waals surface area contributed by atoms with Crippen LogP contribution in [0.2, 0.25) is 0 Å². The molecule has 2 aliphatic rings. The normalized spacial score (nSPS) is 23.7. The molecule has 2 N–H and O–H groups in total. The summed E-state index contributed by atoms with van der Waals surface area (Å²) in [7, 11) is 0. The fraction of sp³-hybridized carbons (Fsp3) is 0.550. The minimum atomic E-state index is -0.560. The van der Waals surface area contributed by atoms with Crippen LogP contribution in [0.5, 0.6) is 5.75 Å². The lowest BCUT2D eigenvalue weighted by Crippen LogP contribution is -2.54. The highest BCUT2D eigenvalue weighted by molar-refractivity contribution is 8.01. The van der Waals surface area contributed by atoms with Crippen LogP contribution >= 0.6 is 11.8 Å². The number of nitrogens with zero attached hydrogens (tertiary/aromatic N) is 1. The SMILES string of the molecule is Cc1ccc(C(C)C)c(OCC(=O)NNC(=O)[C@@H]2CS[C@@]3(C)CCC(=O)N23)c1. The number of thioether (sulfide) groups is 1. The van der Waals surface area contributed by atoms with Crippen molar-refractivity contribution in [1.29, 1.82) is 0 Å². The molecule has 8 heteroatoms. The van der Waals surface area contributed by atoms with Gasteiger partial charge in [-0.2, -0.15) is 0 Å². The first-order valence-electron chi connectivity index (χ1n) is 9.49. The molecule has 2 heterocycles. The predicted octanol–water partition coefficient (Wildman–Crippen LogP) is 2.10. The molecular weight excluding hydrogens is 378 g/mol. The van der Waals surface area contributed by atoms with Gasteiger partial charge >= 0.3 is 0 Å². The quantitative estimate of drug-likeness (QED) is 0.733. The zero-order valence-corrected chi connectivity index (χ0v) is 17.5. The Morgan fingerprint density at radius 1 is 1.36 bits per heavy atom. The average Bonchev–Trinajstić information content (AvgIpc) is 3.13. The summed E-state index contributed by atoms with van der Waals surface area (Å²) < 4.78 is 5.67. The first-order chi connectivity index (χ1) is 13.2. The van der Waals surface area contributed by atoms with Crippen molar-refractivity contribution in [3.63, 3.8) is 0 Å². The standard InChI is InChI=1S/C20H27N3O4S/c1-12(2)14-6-5-13(3)9-16(14)27-10-17(24)21-22-19(26)15-11-28-20(4)8-7-18(25)23(15)20/h5-6,9,12,15H,7-8,10-11H2,1-4H3,(H,21,24)(H,22,26)/t15-,20-/m0/s1. The first kappa shape index (κ1) is 20.5. The van der Waals surface area contributed by atoms with Crippen LogP contribution in [0.4, 0.5) is 0 Å². The number of carbonyl (C=O) groups excluding carboxylic acids is 3. The Labute approximate surface area is 169 Å². The summed E-state index contributed by atoms with van der Waals surface area (Å²) in [4.78, 5) is 38.0. The maximum absolute atomic E-state index is 12.5. The number of hydrazine groups is 1. The van der Waals surface area contributed by atoms with E-state index < -0.39 is 11.9 Å². The Balaban J connectivity index is 1.52. The largest absolute Gasteiger partial charge is 0.483 e. The zero-order valence-electron chi connectivity index (χ0n) is 16.7. The number of carbonyl (C=O) groups is 3. The Hall–Kier alpha value is -2.22. The van der Waals surface area contributed by atoms with Gasteiger partial charge < -0.3 is 9.64 Å². The summed E-state index contributed by atoms with van der Waals surface area (Å²) in [5.74, 6) is 0.626. The lowest BCUT2D eigenvalue weighted by molar-refractivity contribution is -0.139. The van der Waals surface area contributed by atoms with Crippen molar-refractivity contribution in [3.05, 3.63) is 29.3 Å². The summed E-state index contributed by atoms with van der Waals surface area (Å²) >= 11 is 1.61. The molecule has 1 aromatic rings. The summed E-state index contributed by atoms with van der Waals surface area (Å²) in [6.45, 7) is 7.86. The van der Waals surface area contributed by atoms with Crippen molar-refractivity contribution in [1.82, 2.24) is 15.8 Å². The van der Waals surface area contributed by atoms with Gasteiger partial charge in [0.05, 0.1) is 4.87 Å². The molecule has 0 unspecified atom stereocenters. The summed E-state index contributed by atoms with van der Waals surface area (Å²) in [6, 6.07) is 5.35. The third kappa shape index (κ3) is 4.11. The van der Waals surface area contributed by atoms with Gasteiger partial charge in [0.25, 0.3) is 11.8 Å². The Kier molecular flexibility index (Phi) is 5.88. The maximum Gasteiger partial charge on any atom is 0.276 e. The predicted molar refractivity (Wildman–Crippen MR) is 108 cm³/mol. The van der Waals surface area contributed by atoms with Crippen LogP contribution in [-0.2, 0) is 14.4 Å². The number of amides is 3. The smallest absolute Gasteiger partial charge is 0.276 e. The highest BCUT2D eigenvalue weighted by atomic mass is 32.2. The number of fused-ring (bicyclic) bond motifs is 1. The highest BCUT2D eigenvalue weighted by Crippen LogP contribution is 2.47. The van der Waals surface area contributed by atoms with Gasteiger partial charge in [-0.15, -0.1) is 11.8 Å². The molecule has 0 radical (unpaired) electrons. The van der Waals surface area contributed by atoms with Crippen LogP contribution in [0.25, 0.3) is 0 Å². The topological polar surface area (TPSA) is 87.7 Å². The van der Waals surface area contributed by atoms with Crippen LogP contribution < -0.4 is 15.6 Å². The number of ether oxygens (including phenoxy) is 1. The molecule has 0 saturated carbocycles. The molecule has 2 atom stereocenters. The molecule has 2 aliphatic heterocycles. The molecule has 152 valence electrons.